The SMILES string of the molecule is Cc1ccc(-c2nnc([C@H](C)OC(=O)CNC(=O)c3cccc(F)c3)o2)cc1. The van der Waals surface area contributed by atoms with Crippen LogP contribution in [0.1, 0.15) is 34.8 Å². The van der Waals surface area contributed by atoms with Crippen LogP contribution in [0, 0.1) is 12.7 Å². The van der Waals surface area contributed by atoms with Crippen molar-refractivity contribution in [3.8, 4) is 11.5 Å². The van der Waals surface area contributed by atoms with Gasteiger partial charge < -0.3 is 14.5 Å². The number of rotatable bonds is 6. The van der Waals surface area contributed by atoms with Gasteiger partial charge in [-0.25, -0.2) is 4.39 Å². The van der Waals surface area contributed by atoms with Crippen molar-refractivity contribution in [1.82, 2.24) is 15.5 Å². The van der Waals surface area contributed by atoms with Gasteiger partial charge in [0.2, 0.25) is 5.89 Å². The molecule has 8 heteroatoms. The summed E-state index contributed by atoms with van der Waals surface area (Å²) >= 11 is 0. The van der Waals surface area contributed by atoms with Crippen LogP contribution in [0.15, 0.2) is 52.9 Å². The summed E-state index contributed by atoms with van der Waals surface area (Å²) in [5.41, 5.74) is 1.97. The number of amides is 1. The van der Waals surface area contributed by atoms with E-state index < -0.39 is 23.8 Å². The maximum Gasteiger partial charge on any atom is 0.326 e. The summed E-state index contributed by atoms with van der Waals surface area (Å²) in [4.78, 5) is 23.9. The standard InChI is InChI=1S/C20H18FN3O4/c1-12-6-8-14(9-7-12)20-24-23-19(28-20)13(2)27-17(25)11-22-18(26)15-4-3-5-16(21)10-15/h3-10,13H,11H2,1-2H3,(H,22,26)/t13-/m0/s1. The Balaban J connectivity index is 1.54. The van der Waals surface area contributed by atoms with Gasteiger partial charge >= 0.3 is 5.97 Å². The highest BCUT2D eigenvalue weighted by Gasteiger charge is 2.19. The minimum absolute atomic E-state index is 0.112. The highest BCUT2D eigenvalue weighted by atomic mass is 19.1. The lowest BCUT2D eigenvalue weighted by Gasteiger charge is -2.10. The van der Waals surface area contributed by atoms with Crippen molar-refractivity contribution in [2.24, 2.45) is 0 Å². The first-order valence-corrected chi connectivity index (χ1v) is 8.56. The largest absolute Gasteiger partial charge is 0.451 e. The Morgan fingerprint density at radius 2 is 1.93 bits per heavy atom. The predicted octanol–water partition coefficient (Wildman–Crippen LogP) is 3.22. The lowest BCUT2D eigenvalue weighted by Crippen LogP contribution is -2.31. The topological polar surface area (TPSA) is 94.3 Å². The van der Waals surface area contributed by atoms with Crippen LogP contribution in [0.25, 0.3) is 11.5 Å². The quantitative estimate of drug-likeness (QED) is 0.657. The molecule has 0 unspecified atom stereocenters. The molecule has 144 valence electrons. The molecule has 0 saturated heterocycles. The van der Waals surface area contributed by atoms with E-state index in [0.717, 1.165) is 17.2 Å². The normalized spacial score (nSPS) is 11.7. The monoisotopic (exact) mass is 383 g/mol. The molecule has 3 rings (SSSR count). The first-order valence-electron chi connectivity index (χ1n) is 8.56. The van der Waals surface area contributed by atoms with Gasteiger partial charge in [-0.3, -0.25) is 9.59 Å². The second kappa shape index (κ2) is 8.43. The van der Waals surface area contributed by atoms with E-state index in [4.69, 9.17) is 9.15 Å². The third-order valence-electron chi connectivity index (χ3n) is 3.88. The molecule has 0 radical (unpaired) electrons. The first kappa shape index (κ1) is 19.2. The fourth-order valence-corrected chi connectivity index (χ4v) is 2.39. The van der Waals surface area contributed by atoms with E-state index in [1.165, 1.54) is 18.2 Å². The van der Waals surface area contributed by atoms with Crippen LogP contribution in [0.3, 0.4) is 0 Å². The van der Waals surface area contributed by atoms with E-state index in [0.29, 0.717) is 5.89 Å². The van der Waals surface area contributed by atoms with Crippen LogP contribution in [-0.4, -0.2) is 28.6 Å². The van der Waals surface area contributed by atoms with Crippen LogP contribution in [0.4, 0.5) is 4.39 Å². The number of hydrogen-bond donors (Lipinski definition) is 1. The molecule has 0 spiro atoms. The zero-order valence-corrected chi connectivity index (χ0v) is 15.3. The van der Waals surface area contributed by atoms with Gasteiger partial charge in [-0.2, -0.15) is 0 Å². The minimum Gasteiger partial charge on any atom is -0.451 e. The summed E-state index contributed by atoms with van der Waals surface area (Å²) in [6.45, 7) is 3.18. The van der Waals surface area contributed by atoms with Crippen LogP contribution >= 0.6 is 0 Å². The van der Waals surface area contributed by atoms with Crippen LogP contribution in [0.2, 0.25) is 0 Å². The molecule has 1 N–H and O–H groups in total. The number of aryl methyl sites for hydroxylation is 1. The lowest BCUT2D eigenvalue weighted by atomic mass is 10.1. The maximum atomic E-state index is 13.1. The third-order valence-corrected chi connectivity index (χ3v) is 3.88. The lowest BCUT2D eigenvalue weighted by molar-refractivity contribution is -0.148. The fraction of sp³-hybridized carbons (Fsp3) is 0.200. The molecule has 0 saturated carbocycles. The van der Waals surface area contributed by atoms with Crippen LogP contribution in [0.5, 0.6) is 0 Å². The van der Waals surface area contributed by atoms with Gasteiger partial charge in [0.05, 0.1) is 0 Å². The molecule has 0 aliphatic carbocycles. The van der Waals surface area contributed by atoms with Crippen molar-refractivity contribution in [2.45, 2.75) is 20.0 Å². The molecule has 0 bridgehead atoms. The molecule has 1 amide bonds. The molecule has 0 aliphatic rings. The highest BCUT2D eigenvalue weighted by Crippen LogP contribution is 2.22. The summed E-state index contributed by atoms with van der Waals surface area (Å²) in [6, 6.07) is 12.7. The molecule has 0 fully saturated rings. The van der Waals surface area contributed by atoms with Crippen molar-refractivity contribution < 1.29 is 23.1 Å². The number of benzene rings is 2. The molecule has 1 atom stereocenters. The van der Waals surface area contributed by atoms with Gasteiger partial charge in [-0.05, 0) is 44.2 Å². The number of ether oxygens (including phenoxy) is 1. The average Bonchev–Trinajstić information content (AvgIpc) is 3.17. The summed E-state index contributed by atoms with van der Waals surface area (Å²) in [5, 5.41) is 10.2. The number of carbonyl (C=O) groups excluding carboxylic acids is 2. The Morgan fingerprint density at radius 3 is 2.64 bits per heavy atom. The summed E-state index contributed by atoms with van der Waals surface area (Å²) < 4.78 is 23.9. The van der Waals surface area contributed by atoms with Gasteiger partial charge in [0.15, 0.2) is 6.10 Å². The number of halogens is 1. The second-order valence-corrected chi connectivity index (χ2v) is 6.14. The van der Waals surface area contributed by atoms with E-state index in [1.807, 2.05) is 31.2 Å². The highest BCUT2D eigenvalue weighted by molar-refractivity contribution is 5.95. The number of nitrogens with zero attached hydrogens (tertiary/aromatic N) is 2. The fourth-order valence-electron chi connectivity index (χ4n) is 2.39. The number of aromatic nitrogens is 2. The Kier molecular flexibility index (Phi) is 5.78. The predicted molar refractivity (Wildman–Crippen MR) is 97.7 cm³/mol. The minimum atomic E-state index is -0.787. The molecular formula is C20H18FN3O4. The van der Waals surface area contributed by atoms with E-state index in [9.17, 15) is 14.0 Å². The zero-order valence-electron chi connectivity index (χ0n) is 15.3. The molecule has 7 nitrogen and oxygen atoms in total. The maximum absolute atomic E-state index is 13.1. The Labute approximate surface area is 160 Å². The molecule has 0 aliphatic heterocycles. The number of carbonyl (C=O) groups is 2. The van der Waals surface area contributed by atoms with Crippen molar-refractivity contribution in [3.05, 3.63) is 71.4 Å². The van der Waals surface area contributed by atoms with Gasteiger partial charge in [0, 0.05) is 11.1 Å². The van der Waals surface area contributed by atoms with Crippen LogP contribution < -0.4 is 5.32 Å². The van der Waals surface area contributed by atoms with Gasteiger partial charge in [0.25, 0.3) is 11.8 Å². The van der Waals surface area contributed by atoms with Crippen molar-refractivity contribution in [1.29, 1.82) is 0 Å². The molecule has 28 heavy (non-hydrogen) atoms. The Bertz CT molecular complexity index is 985. The number of hydrogen-bond acceptors (Lipinski definition) is 6. The van der Waals surface area contributed by atoms with Crippen molar-refractivity contribution in [2.75, 3.05) is 6.54 Å². The molecule has 2 aromatic carbocycles. The zero-order chi connectivity index (χ0) is 20.1. The molecule has 1 aromatic heterocycles. The van der Waals surface area contributed by atoms with Gasteiger partial charge in [-0.15, -0.1) is 10.2 Å². The Hall–Kier alpha value is -3.55. The average molecular weight is 383 g/mol. The number of esters is 1. The van der Waals surface area contributed by atoms with E-state index in [1.54, 1.807) is 6.92 Å². The van der Waals surface area contributed by atoms with E-state index in [2.05, 4.69) is 15.5 Å². The molecule has 3 aromatic rings. The van der Waals surface area contributed by atoms with Gasteiger partial charge in [-0.1, -0.05) is 23.8 Å². The van der Waals surface area contributed by atoms with Crippen LogP contribution in [-0.2, 0) is 9.53 Å². The van der Waals surface area contributed by atoms with Crippen molar-refractivity contribution in [3.63, 3.8) is 0 Å². The van der Waals surface area contributed by atoms with E-state index in [-0.39, 0.29) is 18.0 Å². The molecular weight excluding hydrogens is 365 g/mol. The number of nitrogens with one attached hydrogen (secondary N) is 1. The smallest absolute Gasteiger partial charge is 0.326 e. The Morgan fingerprint density at radius 1 is 1.18 bits per heavy atom. The molecule has 1 heterocycles. The summed E-state index contributed by atoms with van der Waals surface area (Å²) in [5.74, 6) is -1.35. The first-order chi connectivity index (χ1) is 13.4. The third kappa shape index (κ3) is 4.79. The van der Waals surface area contributed by atoms with E-state index >= 15 is 0 Å². The summed E-state index contributed by atoms with van der Waals surface area (Å²) in [6.07, 6.45) is -0.787. The van der Waals surface area contributed by atoms with Gasteiger partial charge in [0.1, 0.15) is 12.4 Å². The second-order valence-electron chi connectivity index (χ2n) is 6.14. The van der Waals surface area contributed by atoms with Crippen molar-refractivity contribution >= 4 is 11.9 Å². The summed E-state index contributed by atoms with van der Waals surface area (Å²) in [7, 11) is 0.